The molecule has 0 aliphatic rings. The second-order valence-electron chi connectivity index (χ2n) is 6.44. The van der Waals surface area contributed by atoms with E-state index in [2.05, 4.69) is 0 Å². The van der Waals surface area contributed by atoms with E-state index in [1.54, 1.807) is 25.1 Å². The molecule has 0 aliphatic heterocycles. The van der Waals surface area contributed by atoms with Gasteiger partial charge in [-0.1, -0.05) is 18.2 Å². The van der Waals surface area contributed by atoms with Crippen LogP contribution in [0.3, 0.4) is 0 Å². The molecule has 1 unspecified atom stereocenters. The van der Waals surface area contributed by atoms with Gasteiger partial charge in [0.2, 0.25) is 0 Å². The number of aromatic nitrogens is 1. The average Bonchev–Trinajstić information content (AvgIpc) is 2.96. The zero-order valence-corrected chi connectivity index (χ0v) is 15.4. The molecule has 154 valence electrons. The first kappa shape index (κ1) is 20.7. The quantitative estimate of drug-likeness (QED) is 0.644. The van der Waals surface area contributed by atoms with Gasteiger partial charge in [0, 0.05) is 13.0 Å². The first-order valence-electron chi connectivity index (χ1n) is 8.82. The topological polar surface area (TPSA) is 81.7 Å². The van der Waals surface area contributed by atoms with Crippen LogP contribution in [0.1, 0.15) is 23.6 Å². The summed E-state index contributed by atoms with van der Waals surface area (Å²) in [5, 5.41) is 9.45. The number of ether oxygens (including phenoxy) is 1. The lowest BCUT2D eigenvalue weighted by molar-refractivity contribution is -0.150. The fourth-order valence-electron chi connectivity index (χ4n) is 2.95. The summed E-state index contributed by atoms with van der Waals surface area (Å²) < 4.78 is 49.7. The molecule has 0 spiro atoms. The number of benzene rings is 2. The number of halogens is 3. The SMILES string of the molecule is CCOC(Cc1ccc2on(Cc3ccc(C(F)(F)F)cc3)c(=O)c2c1)C(=O)O. The van der Waals surface area contributed by atoms with E-state index in [4.69, 9.17) is 9.26 Å². The lowest BCUT2D eigenvalue weighted by Gasteiger charge is -2.11. The van der Waals surface area contributed by atoms with Crippen LogP contribution in [0.2, 0.25) is 0 Å². The minimum atomic E-state index is -4.43. The van der Waals surface area contributed by atoms with Crippen molar-refractivity contribution in [3.05, 3.63) is 69.5 Å². The predicted molar refractivity (Wildman–Crippen MR) is 97.8 cm³/mol. The molecule has 0 fully saturated rings. The van der Waals surface area contributed by atoms with E-state index >= 15 is 0 Å². The molecule has 29 heavy (non-hydrogen) atoms. The summed E-state index contributed by atoms with van der Waals surface area (Å²) in [6, 6.07) is 9.20. The summed E-state index contributed by atoms with van der Waals surface area (Å²) in [6.45, 7) is 1.90. The average molecular weight is 409 g/mol. The molecule has 1 atom stereocenters. The van der Waals surface area contributed by atoms with Gasteiger partial charge in [-0.25, -0.2) is 4.79 Å². The fourth-order valence-corrected chi connectivity index (χ4v) is 2.95. The van der Waals surface area contributed by atoms with Gasteiger partial charge in [-0.15, -0.1) is 0 Å². The minimum Gasteiger partial charge on any atom is -0.479 e. The maximum absolute atomic E-state index is 12.7. The van der Waals surface area contributed by atoms with Crippen LogP contribution in [-0.4, -0.2) is 28.5 Å². The number of fused-ring (bicyclic) bond motifs is 1. The van der Waals surface area contributed by atoms with E-state index in [1.165, 1.54) is 12.1 Å². The molecule has 0 radical (unpaired) electrons. The summed E-state index contributed by atoms with van der Waals surface area (Å²) in [4.78, 5) is 23.8. The molecule has 1 N–H and O–H groups in total. The maximum Gasteiger partial charge on any atom is 0.416 e. The lowest BCUT2D eigenvalue weighted by atomic mass is 10.1. The second-order valence-corrected chi connectivity index (χ2v) is 6.44. The highest BCUT2D eigenvalue weighted by Crippen LogP contribution is 2.29. The van der Waals surface area contributed by atoms with E-state index in [0.717, 1.165) is 16.9 Å². The molecular weight excluding hydrogens is 391 g/mol. The molecule has 3 rings (SSSR count). The van der Waals surface area contributed by atoms with Gasteiger partial charge in [0.25, 0.3) is 5.56 Å². The fraction of sp³-hybridized carbons (Fsp3) is 0.300. The second kappa shape index (κ2) is 8.12. The summed E-state index contributed by atoms with van der Waals surface area (Å²) in [7, 11) is 0. The third kappa shape index (κ3) is 4.68. The number of carbonyl (C=O) groups is 1. The molecule has 0 saturated carbocycles. The van der Waals surface area contributed by atoms with Crippen molar-refractivity contribution < 1.29 is 32.3 Å². The number of rotatable bonds is 7. The van der Waals surface area contributed by atoms with E-state index in [0.29, 0.717) is 16.7 Å². The Kier molecular flexibility index (Phi) is 5.78. The van der Waals surface area contributed by atoms with Crippen LogP contribution < -0.4 is 5.56 Å². The standard InChI is InChI=1S/C20H18F3NO5/c1-2-28-17(19(26)27)10-13-5-8-16-15(9-13)18(25)24(29-16)11-12-3-6-14(7-4-12)20(21,22)23/h3-9,17H,2,10-11H2,1H3,(H,26,27). The van der Waals surface area contributed by atoms with Crippen LogP contribution in [0.25, 0.3) is 11.0 Å². The number of aliphatic carboxylic acids is 1. The molecule has 0 saturated heterocycles. The molecular formula is C20H18F3NO5. The van der Waals surface area contributed by atoms with Gasteiger partial charge in [-0.3, -0.25) is 4.79 Å². The molecule has 2 aromatic carbocycles. The van der Waals surface area contributed by atoms with Crippen molar-refractivity contribution >= 4 is 16.9 Å². The lowest BCUT2D eigenvalue weighted by Crippen LogP contribution is -2.26. The number of alkyl halides is 3. The van der Waals surface area contributed by atoms with E-state index in [1.807, 2.05) is 0 Å². The Bertz CT molecular complexity index is 1070. The highest BCUT2D eigenvalue weighted by Gasteiger charge is 2.30. The Morgan fingerprint density at radius 1 is 1.17 bits per heavy atom. The summed E-state index contributed by atoms with van der Waals surface area (Å²) in [5.74, 6) is -1.10. The highest BCUT2D eigenvalue weighted by molar-refractivity contribution is 5.77. The Labute approximate surface area is 163 Å². The van der Waals surface area contributed by atoms with Gasteiger partial charge in [0.1, 0.15) is 0 Å². The number of nitrogens with zero attached hydrogens (tertiary/aromatic N) is 1. The summed E-state index contributed by atoms with van der Waals surface area (Å²) in [5.41, 5.74) is 0.142. The van der Waals surface area contributed by atoms with Crippen LogP contribution in [-0.2, 0) is 28.7 Å². The Hall–Kier alpha value is -3.07. The van der Waals surface area contributed by atoms with Gasteiger partial charge in [-0.05, 0) is 42.3 Å². The molecule has 1 aromatic heterocycles. The van der Waals surface area contributed by atoms with Crippen LogP contribution >= 0.6 is 0 Å². The van der Waals surface area contributed by atoms with Crippen molar-refractivity contribution in [2.24, 2.45) is 0 Å². The Balaban J connectivity index is 1.84. The van der Waals surface area contributed by atoms with Crippen molar-refractivity contribution in [1.82, 2.24) is 4.74 Å². The highest BCUT2D eigenvalue weighted by atomic mass is 19.4. The van der Waals surface area contributed by atoms with Crippen molar-refractivity contribution in [3.8, 4) is 0 Å². The molecule has 0 aliphatic carbocycles. The summed E-state index contributed by atoms with van der Waals surface area (Å²) >= 11 is 0. The van der Waals surface area contributed by atoms with Gasteiger partial charge in [-0.2, -0.15) is 17.9 Å². The van der Waals surface area contributed by atoms with Crippen molar-refractivity contribution in [2.75, 3.05) is 6.61 Å². The Morgan fingerprint density at radius 2 is 1.83 bits per heavy atom. The number of carboxylic acid groups (broad SMARTS) is 1. The molecule has 0 bridgehead atoms. The molecule has 6 nitrogen and oxygen atoms in total. The maximum atomic E-state index is 12.7. The molecule has 9 heteroatoms. The smallest absolute Gasteiger partial charge is 0.416 e. The van der Waals surface area contributed by atoms with Gasteiger partial charge < -0.3 is 14.4 Å². The monoisotopic (exact) mass is 409 g/mol. The first-order chi connectivity index (χ1) is 13.7. The van der Waals surface area contributed by atoms with Crippen LogP contribution in [0.4, 0.5) is 13.2 Å². The number of carboxylic acids is 1. The molecule has 3 aromatic rings. The zero-order chi connectivity index (χ0) is 21.2. The van der Waals surface area contributed by atoms with E-state index in [9.17, 15) is 27.9 Å². The predicted octanol–water partition coefficient (Wildman–Crippen LogP) is 3.69. The Morgan fingerprint density at radius 3 is 2.41 bits per heavy atom. The van der Waals surface area contributed by atoms with Gasteiger partial charge in [0.05, 0.1) is 17.5 Å². The normalized spacial score (nSPS) is 13.0. The van der Waals surface area contributed by atoms with E-state index in [-0.39, 0.29) is 25.0 Å². The van der Waals surface area contributed by atoms with Crippen LogP contribution in [0, 0.1) is 0 Å². The first-order valence-corrected chi connectivity index (χ1v) is 8.82. The molecule has 1 heterocycles. The van der Waals surface area contributed by atoms with Crippen LogP contribution in [0.15, 0.2) is 51.8 Å². The minimum absolute atomic E-state index is 0.0301. The van der Waals surface area contributed by atoms with Crippen molar-refractivity contribution in [3.63, 3.8) is 0 Å². The van der Waals surface area contributed by atoms with Crippen LogP contribution in [0.5, 0.6) is 0 Å². The van der Waals surface area contributed by atoms with Gasteiger partial charge >= 0.3 is 12.1 Å². The molecule has 0 amide bonds. The third-order valence-electron chi connectivity index (χ3n) is 4.38. The largest absolute Gasteiger partial charge is 0.479 e. The van der Waals surface area contributed by atoms with E-state index < -0.39 is 29.4 Å². The van der Waals surface area contributed by atoms with Gasteiger partial charge in [0.15, 0.2) is 11.7 Å². The third-order valence-corrected chi connectivity index (χ3v) is 4.38. The number of hydrogen-bond donors (Lipinski definition) is 1. The van der Waals surface area contributed by atoms with Crippen molar-refractivity contribution in [1.29, 1.82) is 0 Å². The van der Waals surface area contributed by atoms with Crippen molar-refractivity contribution in [2.45, 2.75) is 32.2 Å². The zero-order valence-electron chi connectivity index (χ0n) is 15.4. The number of hydrogen-bond acceptors (Lipinski definition) is 4. The summed E-state index contributed by atoms with van der Waals surface area (Å²) in [6.07, 6.45) is -5.37.